The Morgan fingerprint density at radius 3 is 2.75 bits per heavy atom. The van der Waals surface area contributed by atoms with Crippen LogP contribution in [0.4, 0.5) is 8.78 Å². The number of hydrogen-bond donors (Lipinski definition) is 1. The first kappa shape index (κ1) is 10.6. The van der Waals surface area contributed by atoms with E-state index in [4.69, 9.17) is 11.0 Å². The average molecular weight is 226 g/mol. The second-order valence-corrected chi connectivity index (χ2v) is 3.34. The van der Waals surface area contributed by atoms with Gasteiger partial charge in [0.15, 0.2) is 11.5 Å². The van der Waals surface area contributed by atoms with Crippen LogP contribution in [-0.4, -0.2) is 6.29 Å². The summed E-state index contributed by atoms with van der Waals surface area (Å²) in [6.07, 6.45) is -3.52. The van der Waals surface area contributed by atoms with E-state index < -0.39 is 12.3 Å². The molecule has 1 atom stereocenters. The summed E-state index contributed by atoms with van der Waals surface area (Å²) in [5.74, 6) is -0.0891. The lowest BCUT2D eigenvalue weighted by atomic mass is 10.1. The summed E-state index contributed by atoms with van der Waals surface area (Å²) in [6, 6.07) is 5.63. The molecule has 1 aromatic carbocycles. The molecule has 84 valence electrons. The first-order valence-corrected chi connectivity index (χ1v) is 4.54. The highest BCUT2D eigenvalue weighted by Gasteiger charge is 2.43. The molecule has 0 saturated heterocycles. The maximum absolute atomic E-state index is 12.7. The van der Waals surface area contributed by atoms with Gasteiger partial charge in [-0.15, -0.1) is 8.78 Å². The lowest BCUT2D eigenvalue weighted by molar-refractivity contribution is -0.286. The van der Waals surface area contributed by atoms with Crippen molar-refractivity contribution in [3.63, 3.8) is 0 Å². The predicted octanol–water partition coefficient (Wildman–Crippen LogP) is 1.92. The third-order valence-electron chi connectivity index (χ3n) is 2.16. The molecule has 1 heterocycles. The van der Waals surface area contributed by atoms with Crippen molar-refractivity contribution in [2.45, 2.75) is 18.8 Å². The first-order valence-electron chi connectivity index (χ1n) is 4.54. The molecule has 0 aromatic heterocycles. The Morgan fingerprint density at radius 2 is 2.06 bits per heavy atom. The molecule has 1 aliphatic rings. The molecule has 2 N–H and O–H groups in total. The number of rotatable bonds is 2. The van der Waals surface area contributed by atoms with E-state index in [0.29, 0.717) is 5.56 Å². The van der Waals surface area contributed by atoms with E-state index >= 15 is 0 Å². The van der Waals surface area contributed by atoms with Gasteiger partial charge in [0.25, 0.3) is 0 Å². The number of benzene rings is 1. The monoisotopic (exact) mass is 226 g/mol. The predicted molar refractivity (Wildman–Crippen MR) is 49.8 cm³/mol. The van der Waals surface area contributed by atoms with Crippen molar-refractivity contribution in [1.82, 2.24) is 0 Å². The maximum Gasteiger partial charge on any atom is 0.586 e. The fourth-order valence-corrected chi connectivity index (χ4v) is 1.41. The van der Waals surface area contributed by atoms with Crippen LogP contribution in [0.5, 0.6) is 11.5 Å². The van der Waals surface area contributed by atoms with Gasteiger partial charge in [0.2, 0.25) is 0 Å². The molecule has 1 aromatic rings. The lowest BCUT2D eigenvalue weighted by Gasteiger charge is -2.07. The fourth-order valence-electron chi connectivity index (χ4n) is 1.41. The molecule has 0 saturated carbocycles. The molecule has 2 rings (SSSR count). The molecular weight excluding hydrogens is 218 g/mol. The van der Waals surface area contributed by atoms with Gasteiger partial charge in [-0.3, -0.25) is 0 Å². The van der Waals surface area contributed by atoms with E-state index in [1.54, 1.807) is 0 Å². The normalized spacial score (nSPS) is 17.9. The van der Waals surface area contributed by atoms with Crippen molar-refractivity contribution in [2.24, 2.45) is 5.73 Å². The number of ether oxygens (including phenoxy) is 2. The highest BCUT2D eigenvalue weighted by atomic mass is 19.3. The van der Waals surface area contributed by atoms with Crippen molar-refractivity contribution in [3.8, 4) is 17.6 Å². The van der Waals surface area contributed by atoms with Crippen molar-refractivity contribution >= 4 is 0 Å². The van der Waals surface area contributed by atoms with Gasteiger partial charge >= 0.3 is 6.29 Å². The molecule has 16 heavy (non-hydrogen) atoms. The molecule has 0 bridgehead atoms. The van der Waals surface area contributed by atoms with Gasteiger partial charge < -0.3 is 15.2 Å². The fraction of sp³-hybridized carbons (Fsp3) is 0.300. The Hall–Kier alpha value is -1.87. The number of halogens is 2. The second kappa shape index (κ2) is 3.61. The van der Waals surface area contributed by atoms with Crippen molar-refractivity contribution in [2.75, 3.05) is 0 Å². The SMILES string of the molecule is N#CC[C@@H](N)c1ccc2c(c1)OC(F)(F)O2. The van der Waals surface area contributed by atoms with Gasteiger partial charge in [-0.1, -0.05) is 6.07 Å². The topological polar surface area (TPSA) is 68.3 Å². The number of nitrogens with two attached hydrogens (primary N) is 1. The zero-order valence-corrected chi connectivity index (χ0v) is 8.11. The van der Waals surface area contributed by atoms with Gasteiger partial charge in [0.05, 0.1) is 12.5 Å². The quantitative estimate of drug-likeness (QED) is 0.836. The third-order valence-corrected chi connectivity index (χ3v) is 2.16. The highest BCUT2D eigenvalue weighted by Crippen LogP contribution is 2.41. The molecule has 1 aliphatic heterocycles. The van der Waals surface area contributed by atoms with E-state index in [-0.39, 0.29) is 17.9 Å². The molecule has 0 fully saturated rings. The van der Waals surface area contributed by atoms with E-state index in [2.05, 4.69) is 9.47 Å². The summed E-state index contributed by atoms with van der Waals surface area (Å²) in [5.41, 5.74) is 6.22. The van der Waals surface area contributed by atoms with Crippen LogP contribution in [0.3, 0.4) is 0 Å². The molecule has 0 spiro atoms. The summed E-state index contributed by atoms with van der Waals surface area (Å²) in [5, 5.41) is 8.47. The Balaban J connectivity index is 2.26. The molecule has 6 heteroatoms. The summed E-state index contributed by atoms with van der Waals surface area (Å²) >= 11 is 0. The van der Waals surface area contributed by atoms with Crippen LogP contribution >= 0.6 is 0 Å². The number of hydrogen-bond acceptors (Lipinski definition) is 4. The number of nitrogens with zero attached hydrogens (tertiary/aromatic N) is 1. The molecule has 4 nitrogen and oxygen atoms in total. The first-order chi connectivity index (χ1) is 7.52. The van der Waals surface area contributed by atoms with Gasteiger partial charge in [0, 0.05) is 6.04 Å². The summed E-state index contributed by atoms with van der Waals surface area (Å²) in [4.78, 5) is 0. The van der Waals surface area contributed by atoms with E-state index in [1.165, 1.54) is 18.2 Å². The Labute approximate surface area is 90.2 Å². The molecule has 0 unspecified atom stereocenters. The number of fused-ring (bicyclic) bond motifs is 1. The highest BCUT2D eigenvalue weighted by molar-refractivity contribution is 5.46. The van der Waals surface area contributed by atoms with E-state index in [1.807, 2.05) is 6.07 Å². The number of alkyl halides is 2. The lowest BCUT2D eigenvalue weighted by Crippen LogP contribution is -2.25. The Bertz CT molecular complexity index is 457. The smallest absolute Gasteiger partial charge is 0.395 e. The maximum atomic E-state index is 12.7. The summed E-state index contributed by atoms with van der Waals surface area (Å²) in [7, 11) is 0. The third kappa shape index (κ3) is 1.90. The van der Waals surface area contributed by atoms with Crippen LogP contribution in [-0.2, 0) is 0 Å². The van der Waals surface area contributed by atoms with Crippen LogP contribution in [0, 0.1) is 11.3 Å². The van der Waals surface area contributed by atoms with Crippen molar-refractivity contribution in [1.29, 1.82) is 5.26 Å². The van der Waals surface area contributed by atoms with Crippen molar-refractivity contribution in [3.05, 3.63) is 23.8 Å². The minimum absolute atomic E-state index is 0.0297. The standard InChI is InChI=1S/C10H8F2N2O2/c11-10(12)15-8-2-1-6(5-9(8)16-10)7(14)3-4-13/h1-2,5,7H,3,14H2/t7-/m1/s1. The second-order valence-electron chi connectivity index (χ2n) is 3.34. The minimum atomic E-state index is -3.62. The Morgan fingerprint density at radius 1 is 1.38 bits per heavy atom. The molecule has 0 aliphatic carbocycles. The largest absolute Gasteiger partial charge is 0.586 e. The molecule has 0 radical (unpaired) electrons. The Kier molecular flexibility index (Phi) is 2.40. The zero-order chi connectivity index (χ0) is 11.8. The van der Waals surface area contributed by atoms with Crippen LogP contribution in [0.2, 0.25) is 0 Å². The van der Waals surface area contributed by atoms with Gasteiger partial charge in [-0.25, -0.2) is 0 Å². The zero-order valence-electron chi connectivity index (χ0n) is 8.11. The van der Waals surface area contributed by atoms with Gasteiger partial charge in [-0.05, 0) is 17.7 Å². The van der Waals surface area contributed by atoms with Gasteiger partial charge in [-0.2, -0.15) is 5.26 Å². The van der Waals surface area contributed by atoms with Crippen LogP contribution in [0.25, 0.3) is 0 Å². The number of nitriles is 1. The van der Waals surface area contributed by atoms with Crippen molar-refractivity contribution < 1.29 is 18.3 Å². The van der Waals surface area contributed by atoms with Gasteiger partial charge in [0.1, 0.15) is 0 Å². The van der Waals surface area contributed by atoms with E-state index in [9.17, 15) is 8.78 Å². The molecular formula is C10H8F2N2O2. The summed E-state index contributed by atoms with van der Waals surface area (Å²) < 4.78 is 33.9. The minimum Gasteiger partial charge on any atom is -0.395 e. The van der Waals surface area contributed by atoms with Crippen LogP contribution in [0.1, 0.15) is 18.0 Å². The average Bonchev–Trinajstić information content (AvgIpc) is 2.50. The van der Waals surface area contributed by atoms with E-state index in [0.717, 1.165) is 0 Å². The molecule has 0 amide bonds. The van der Waals surface area contributed by atoms with Crippen LogP contribution < -0.4 is 15.2 Å². The van der Waals surface area contributed by atoms with Crippen LogP contribution in [0.15, 0.2) is 18.2 Å². The summed E-state index contributed by atoms with van der Waals surface area (Å²) in [6.45, 7) is 0.